The van der Waals surface area contributed by atoms with E-state index in [0.717, 1.165) is 37.3 Å². The molecule has 6 rings (SSSR count). The molecule has 0 unspecified atom stereocenters. The molecule has 1 aliphatic heterocycles. The minimum absolute atomic E-state index is 0.140. The maximum Gasteiger partial charge on any atom is 0.335 e. The predicted octanol–water partition coefficient (Wildman–Crippen LogP) is 4.67. The molecule has 5 aliphatic rings. The van der Waals surface area contributed by atoms with Crippen LogP contribution in [0.15, 0.2) is 27.6 Å². The third-order valence-electron chi connectivity index (χ3n) is 12.1. The monoisotopic (exact) mass is 468 g/mol. The van der Waals surface area contributed by atoms with Crippen molar-refractivity contribution in [3.05, 3.63) is 34.4 Å². The van der Waals surface area contributed by atoms with E-state index in [0.29, 0.717) is 29.3 Å². The summed E-state index contributed by atoms with van der Waals surface area (Å²) in [5, 5.41) is 12.4. The molecule has 5 heteroatoms. The maximum absolute atomic E-state index is 12.4. The van der Waals surface area contributed by atoms with Gasteiger partial charge < -0.3 is 15.3 Å². The van der Waals surface area contributed by atoms with Crippen LogP contribution in [0.1, 0.15) is 96.0 Å². The van der Waals surface area contributed by atoms with Crippen LogP contribution < -0.4 is 11.4 Å². The standard InChI is InChI=1S/C29H44N2O3/c1-27-12-9-21(31-15-3-4-22(31)17-30)16-20(27)6-7-25-24(27)10-13-28(2)23(11-14-29(25,28)33)19-5-8-26(32)34-18-19/h5,8,18,20-25,33H,3-4,6-7,9-17,30H2,1-2H3/t20-,21+,22-,23-,24+,25-,27+,28-,29+/m1/s1. The third kappa shape index (κ3) is 3.18. The predicted molar refractivity (Wildman–Crippen MR) is 133 cm³/mol. The van der Waals surface area contributed by atoms with Crippen LogP contribution in [0, 0.1) is 28.6 Å². The zero-order chi connectivity index (χ0) is 23.7. The highest BCUT2D eigenvalue weighted by Gasteiger charge is 2.67. The number of nitrogens with zero attached hydrogens (tertiary/aromatic N) is 1. The molecule has 4 aliphatic carbocycles. The number of fused-ring (bicyclic) bond motifs is 5. The van der Waals surface area contributed by atoms with E-state index in [1.165, 1.54) is 57.9 Å². The molecule has 1 saturated heterocycles. The highest BCUT2D eigenvalue weighted by atomic mass is 16.4. The molecule has 4 saturated carbocycles. The van der Waals surface area contributed by atoms with Crippen LogP contribution in [-0.4, -0.2) is 40.8 Å². The van der Waals surface area contributed by atoms with E-state index in [4.69, 9.17) is 10.2 Å². The molecule has 2 heterocycles. The van der Waals surface area contributed by atoms with Crippen LogP contribution in [0.5, 0.6) is 0 Å². The Morgan fingerprint density at radius 1 is 1.06 bits per heavy atom. The minimum Gasteiger partial charge on any atom is -0.431 e. The molecule has 5 fully saturated rings. The summed E-state index contributed by atoms with van der Waals surface area (Å²) in [7, 11) is 0. The van der Waals surface area contributed by atoms with Crippen LogP contribution in [0.2, 0.25) is 0 Å². The lowest BCUT2D eigenvalue weighted by molar-refractivity contribution is -0.204. The van der Waals surface area contributed by atoms with Crippen molar-refractivity contribution in [1.82, 2.24) is 4.90 Å². The van der Waals surface area contributed by atoms with Crippen LogP contribution >= 0.6 is 0 Å². The first-order valence-corrected chi connectivity index (χ1v) is 14.1. The summed E-state index contributed by atoms with van der Waals surface area (Å²) in [6.45, 7) is 6.96. The van der Waals surface area contributed by atoms with Crippen LogP contribution in [0.25, 0.3) is 0 Å². The van der Waals surface area contributed by atoms with Gasteiger partial charge in [0.05, 0.1) is 11.9 Å². The van der Waals surface area contributed by atoms with Crippen molar-refractivity contribution in [2.75, 3.05) is 13.1 Å². The lowest BCUT2D eigenvalue weighted by Gasteiger charge is -2.64. The number of nitrogens with two attached hydrogens (primary N) is 1. The summed E-state index contributed by atoms with van der Waals surface area (Å²) < 4.78 is 5.24. The smallest absolute Gasteiger partial charge is 0.335 e. The molecule has 0 amide bonds. The Balaban J connectivity index is 1.24. The van der Waals surface area contributed by atoms with E-state index in [9.17, 15) is 9.90 Å². The minimum atomic E-state index is -0.610. The fourth-order valence-electron chi connectivity index (χ4n) is 10.2. The van der Waals surface area contributed by atoms with Gasteiger partial charge in [0.2, 0.25) is 0 Å². The molecule has 9 atom stereocenters. The van der Waals surface area contributed by atoms with Crippen molar-refractivity contribution >= 4 is 0 Å². The highest BCUT2D eigenvalue weighted by molar-refractivity contribution is 5.27. The average Bonchev–Trinajstić information content (AvgIpc) is 3.41. The first-order chi connectivity index (χ1) is 16.3. The summed E-state index contributed by atoms with van der Waals surface area (Å²) in [5.41, 5.74) is 6.53. The van der Waals surface area contributed by atoms with Gasteiger partial charge >= 0.3 is 5.63 Å². The lowest BCUT2D eigenvalue weighted by Crippen LogP contribution is -2.62. The molecule has 0 spiro atoms. The summed E-state index contributed by atoms with van der Waals surface area (Å²) in [5.74, 6) is 2.07. The molecule has 1 aromatic rings. The molecule has 5 nitrogen and oxygen atoms in total. The molecule has 188 valence electrons. The number of likely N-dealkylation sites (tertiary alicyclic amines) is 1. The SMILES string of the molecule is C[C@]12CC[C@H](N3CCC[C@@H]3CN)C[C@H]1CC[C@@H]1[C@@H]2CC[C@]2(C)[C@@H](c3ccc(=O)oc3)CC[C@]12O. The van der Waals surface area contributed by atoms with Gasteiger partial charge in [-0.3, -0.25) is 4.90 Å². The van der Waals surface area contributed by atoms with Gasteiger partial charge in [-0.2, -0.15) is 0 Å². The van der Waals surface area contributed by atoms with Crippen LogP contribution in [-0.2, 0) is 0 Å². The molecular weight excluding hydrogens is 424 g/mol. The second kappa shape index (κ2) is 8.18. The largest absolute Gasteiger partial charge is 0.431 e. The Bertz CT molecular complexity index is 958. The van der Waals surface area contributed by atoms with Gasteiger partial charge in [0, 0.05) is 30.1 Å². The Morgan fingerprint density at radius 2 is 1.91 bits per heavy atom. The molecule has 1 aromatic heterocycles. The van der Waals surface area contributed by atoms with Gasteiger partial charge in [0.25, 0.3) is 0 Å². The van der Waals surface area contributed by atoms with Crippen molar-refractivity contribution in [1.29, 1.82) is 0 Å². The average molecular weight is 469 g/mol. The normalized spacial score (nSPS) is 48.8. The highest BCUT2D eigenvalue weighted by Crippen LogP contribution is 2.70. The zero-order valence-electron chi connectivity index (χ0n) is 21.2. The topological polar surface area (TPSA) is 79.7 Å². The van der Waals surface area contributed by atoms with Crippen molar-refractivity contribution in [3.63, 3.8) is 0 Å². The fourth-order valence-corrected chi connectivity index (χ4v) is 10.2. The molecule has 0 radical (unpaired) electrons. The molecule has 3 N–H and O–H groups in total. The first kappa shape index (κ1) is 23.2. The summed E-state index contributed by atoms with van der Waals surface area (Å²) in [6, 6.07) is 4.79. The van der Waals surface area contributed by atoms with Gasteiger partial charge in [0.1, 0.15) is 0 Å². The second-order valence-electron chi connectivity index (χ2n) is 13.1. The third-order valence-corrected chi connectivity index (χ3v) is 12.1. The number of hydrogen-bond donors (Lipinski definition) is 2. The summed E-state index contributed by atoms with van der Waals surface area (Å²) >= 11 is 0. The second-order valence-corrected chi connectivity index (χ2v) is 13.1. The molecule has 0 aromatic carbocycles. The van der Waals surface area contributed by atoms with Crippen molar-refractivity contribution in [2.24, 2.45) is 34.3 Å². The molecule has 0 bridgehead atoms. The van der Waals surface area contributed by atoms with Crippen molar-refractivity contribution < 1.29 is 9.52 Å². The quantitative estimate of drug-likeness (QED) is 0.674. The first-order valence-electron chi connectivity index (χ1n) is 14.1. The summed E-state index contributed by atoms with van der Waals surface area (Å²) in [6.07, 6.45) is 14.8. The van der Waals surface area contributed by atoms with E-state index in [2.05, 4.69) is 18.7 Å². The maximum atomic E-state index is 12.4. The van der Waals surface area contributed by atoms with E-state index < -0.39 is 5.60 Å². The van der Waals surface area contributed by atoms with Gasteiger partial charge in [-0.05, 0) is 118 Å². The van der Waals surface area contributed by atoms with Crippen LogP contribution in [0.4, 0.5) is 0 Å². The Kier molecular flexibility index (Phi) is 5.59. The van der Waals surface area contributed by atoms with Gasteiger partial charge in [0.15, 0.2) is 0 Å². The molecular formula is C29H44N2O3. The Hall–Kier alpha value is -1.17. The lowest BCUT2D eigenvalue weighted by atomic mass is 9.43. The van der Waals surface area contributed by atoms with Crippen molar-refractivity contribution in [2.45, 2.75) is 108 Å². The van der Waals surface area contributed by atoms with Gasteiger partial charge in [-0.25, -0.2) is 4.79 Å². The van der Waals surface area contributed by atoms with Gasteiger partial charge in [-0.15, -0.1) is 0 Å². The fraction of sp³-hybridized carbons (Fsp3) is 0.828. The summed E-state index contributed by atoms with van der Waals surface area (Å²) in [4.78, 5) is 14.3. The molecule has 34 heavy (non-hydrogen) atoms. The zero-order valence-corrected chi connectivity index (χ0v) is 21.2. The number of rotatable bonds is 3. The number of hydrogen-bond acceptors (Lipinski definition) is 5. The van der Waals surface area contributed by atoms with Crippen molar-refractivity contribution in [3.8, 4) is 0 Å². The van der Waals surface area contributed by atoms with E-state index in [1.54, 1.807) is 12.3 Å². The Labute approximate surface area is 204 Å². The van der Waals surface area contributed by atoms with E-state index in [1.807, 2.05) is 6.07 Å². The van der Waals surface area contributed by atoms with E-state index >= 15 is 0 Å². The van der Waals surface area contributed by atoms with E-state index in [-0.39, 0.29) is 17.0 Å². The Morgan fingerprint density at radius 3 is 2.68 bits per heavy atom. The van der Waals surface area contributed by atoms with Gasteiger partial charge in [-0.1, -0.05) is 13.8 Å². The van der Waals surface area contributed by atoms with Crippen LogP contribution in [0.3, 0.4) is 0 Å². The number of aliphatic hydroxyl groups is 1.